The van der Waals surface area contributed by atoms with E-state index in [1.54, 1.807) is 11.9 Å². The minimum absolute atomic E-state index is 0.0208. The van der Waals surface area contributed by atoms with Crippen molar-refractivity contribution in [1.29, 1.82) is 0 Å². The maximum Gasteiger partial charge on any atom is 0.311 e. The number of pyridine rings is 1. The average Bonchev–Trinajstić information content (AvgIpc) is 2.15. The Morgan fingerprint density at radius 2 is 2.19 bits per heavy atom. The van der Waals surface area contributed by atoms with Gasteiger partial charge in [0, 0.05) is 19.7 Å². The van der Waals surface area contributed by atoms with Gasteiger partial charge in [0.2, 0.25) is 5.82 Å². The fourth-order valence-electron chi connectivity index (χ4n) is 1.48. The molecule has 0 radical (unpaired) electrons. The Hall–Kier alpha value is -1.36. The van der Waals surface area contributed by atoms with Crippen LogP contribution in [0.25, 0.3) is 0 Å². The molecule has 0 aliphatic rings. The number of anilines is 1. The SMILES string of the molecule is CC(C)CN(C)c1nc(Cl)ccc1[N+](=O)[O-]. The summed E-state index contributed by atoms with van der Waals surface area (Å²) in [7, 11) is 1.77. The smallest absolute Gasteiger partial charge is 0.311 e. The molecular formula is C10H14ClN3O2. The largest absolute Gasteiger partial charge is 0.354 e. The number of nitrogens with zero attached hydrogens (tertiary/aromatic N) is 3. The number of nitro groups is 1. The predicted molar refractivity (Wildman–Crippen MR) is 64.0 cm³/mol. The number of aromatic nitrogens is 1. The van der Waals surface area contributed by atoms with Crippen molar-refractivity contribution >= 4 is 23.1 Å². The summed E-state index contributed by atoms with van der Waals surface area (Å²) < 4.78 is 0. The van der Waals surface area contributed by atoms with Crippen LogP contribution in [0.4, 0.5) is 11.5 Å². The topological polar surface area (TPSA) is 59.3 Å². The Morgan fingerprint density at radius 3 is 2.69 bits per heavy atom. The van der Waals surface area contributed by atoms with Gasteiger partial charge in [-0.15, -0.1) is 0 Å². The summed E-state index contributed by atoms with van der Waals surface area (Å²) in [5, 5.41) is 11.1. The summed E-state index contributed by atoms with van der Waals surface area (Å²) in [5.74, 6) is 0.705. The van der Waals surface area contributed by atoms with Crippen LogP contribution < -0.4 is 4.90 Å². The van der Waals surface area contributed by atoms with Crippen LogP contribution >= 0.6 is 11.6 Å². The normalized spacial score (nSPS) is 10.6. The molecule has 1 heterocycles. The molecule has 0 atom stereocenters. The lowest BCUT2D eigenvalue weighted by atomic mass is 10.2. The lowest BCUT2D eigenvalue weighted by Crippen LogP contribution is -2.24. The van der Waals surface area contributed by atoms with Crippen LogP contribution in [0, 0.1) is 16.0 Å². The minimum atomic E-state index is -0.449. The molecule has 0 saturated heterocycles. The van der Waals surface area contributed by atoms with E-state index < -0.39 is 4.92 Å². The number of hydrogen-bond acceptors (Lipinski definition) is 4. The number of rotatable bonds is 4. The van der Waals surface area contributed by atoms with Gasteiger partial charge < -0.3 is 4.90 Å². The Labute approximate surface area is 99.2 Å². The summed E-state index contributed by atoms with van der Waals surface area (Å²) >= 11 is 5.74. The highest BCUT2D eigenvalue weighted by Crippen LogP contribution is 2.27. The maximum absolute atomic E-state index is 10.8. The molecule has 88 valence electrons. The van der Waals surface area contributed by atoms with Gasteiger partial charge in [-0.3, -0.25) is 10.1 Å². The number of halogens is 1. The van der Waals surface area contributed by atoms with Gasteiger partial charge in [0.05, 0.1) is 4.92 Å². The van der Waals surface area contributed by atoms with Gasteiger partial charge in [-0.2, -0.15) is 0 Å². The quantitative estimate of drug-likeness (QED) is 0.464. The molecular weight excluding hydrogens is 230 g/mol. The Kier molecular flexibility index (Phi) is 4.06. The molecule has 0 aliphatic heterocycles. The van der Waals surface area contributed by atoms with Crippen LogP contribution in [0.3, 0.4) is 0 Å². The van der Waals surface area contributed by atoms with E-state index in [-0.39, 0.29) is 10.8 Å². The van der Waals surface area contributed by atoms with E-state index in [9.17, 15) is 10.1 Å². The predicted octanol–water partition coefficient (Wildman–Crippen LogP) is 2.74. The van der Waals surface area contributed by atoms with E-state index in [0.29, 0.717) is 18.3 Å². The van der Waals surface area contributed by atoms with Gasteiger partial charge in [-0.05, 0) is 12.0 Å². The Balaban J connectivity index is 3.09. The molecule has 6 heteroatoms. The highest BCUT2D eigenvalue weighted by atomic mass is 35.5. The molecule has 0 N–H and O–H groups in total. The lowest BCUT2D eigenvalue weighted by molar-refractivity contribution is -0.384. The molecule has 0 aliphatic carbocycles. The molecule has 0 fully saturated rings. The van der Waals surface area contributed by atoms with Gasteiger partial charge in [0.25, 0.3) is 0 Å². The molecule has 0 bridgehead atoms. The van der Waals surface area contributed by atoms with E-state index in [4.69, 9.17) is 11.6 Å². The standard InChI is InChI=1S/C10H14ClN3O2/c1-7(2)6-13(3)10-8(14(15)16)4-5-9(11)12-10/h4-5,7H,6H2,1-3H3. The van der Waals surface area contributed by atoms with Crippen molar-refractivity contribution in [2.45, 2.75) is 13.8 Å². The molecule has 1 rings (SSSR count). The second-order valence-corrected chi connectivity index (χ2v) is 4.40. The summed E-state index contributed by atoms with van der Waals surface area (Å²) in [6.07, 6.45) is 0. The zero-order chi connectivity index (χ0) is 12.3. The molecule has 0 spiro atoms. The van der Waals surface area contributed by atoms with Crippen LogP contribution in [0.5, 0.6) is 0 Å². The van der Waals surface area contributed by atoms with E-state index >= 15 is 0 Å². The summed E-state index contributed by atoms with van der Waals surface area (Å²) in [6.45, 7) is 4.76. The van der Waals surface area contributed by atoms with Crippen LogP contribution in [-0.4, -0.2) is 23.5 Å². The van der Waals surface area contributed by atoms with Gasteiger partial charge in [-0.25, -0.2) is 4.98 Å². The molecule has 0 amide bonds. The third-order valence-electron chi connectivity index (χ3n) is 2.02. The van der Waals surface area contributed by atoms with Crippen LogP contribution in [0.1, 0.15) is 13.8 Å². The van der Waals surface area contributed by atoms with Gasteiger partial charge in [-0.1, -0.05) is 25.4 Å². The van der Waals surface area contributed by atoms with E-state index in [0.717, 1.165) is 0 Å². The first-order valence-corrected chi connectivity index (χ1v) is 5.31. The van der Waals surface area contributed by atoms with Crippen molar-refractivity contribution < 1.29 is 4.92 Å². The molecule has 0 unspecified atom stereocenters. The first-order chi connectivity index (χ1) is 7.41. The van der Waals surface area contributed by atoms with E-state index in [1.807, 2.05) is 13.8 Å². The van der Waals surface area contributed by atoms with E-state index in [2.05, 4.69) is 4.98 Å². The summed E-state index contributed by atoms with van der Waals surface area (Å²) in [5.41, 5.74) is -0.0208. The third kappa shape index (κ3) is 3.06. The minimum Gasteiger partial charge on any atom is -0.354 e. The van der Waals surface area contributed by atoms with Gasteiger partial charge in [0.15, 0.2) is 0 Å². The molecule has 1 aromatic heterocycles. The number of hydrogen-bond donors (Lipinski definition) is 0. The highest BCUT2D eigenvalue weighted by molar-refractivity contribution is 6.29. The monoisotopic (exact) mass is 243 g/mol. The second kappa shape index (κ2) is 5.12. The third-order valence-corrected chi connectivity index (χ3v) is 2.23. The van der Waals surface area contributed by atoms with E-state index in [1.165, 1.54) is 12.1 Å². The molecule has 1 aromatic rings. The van der Waals surface area contributed by atoms with Crippen molar-refractivity contribution in [3.8, 4) is 0 Å². The fourth-order valence-corrected chi connectivity index (χ4v) is 1.62. The highest BCUT2D eigenvalue weighted by Gasteiger charge is 2.19. The van der Waals surface area contributed by atoms with Crippen LogP contribution in [0.2, 0.25) is 5.15 Å². The van der Waals surface area contributed by atoms with Gasteiger partial charge >= 0.3 is 5.69 Å². The van der Waals surface area contributed by atoms with Crippen molar-refractivity contribution in [3.63, 3.8) is 0 Å². The lowest BCUT2D eigenvalue weighted by Gasteiger charge is -2.20. The average molecular weight is 244 g/mol. The second-order valence-electron chi connectivity index (χ2n) is 4.01. The molecule has 16 heavy (non-hydrogen) atoms. The maximum atomic E-state index is 10.8. The van der Waals surface area contributed by atoms with Crippen LogP contribution in [-0.2, 0) is 0 Å². The first-order valence-electron chi connectivity index (χ1n) is 4.94. The van der Waals surface area contributed by atoms with Crippen molar-refractivity contribution in [1.82, 2.24) is 4.98 Å². The van der Waals surface area contributed by atoms with Gasteiger partial charge in [0.1, 0.15) is 5.15 Å². The summed E-state index contributed by atoms with van der Waals surface area (Å²) in [6, 6.07) is 2.80. The Morgan fingerprint density at radius 1 is 1.56 bits per heavy atom. The summed E-state index contributed by atoms with van der Waals surface area (Å²) in [4.78, 5) is 16.1. The molecule has 0 aromatic carbocycles. The molecule has 5 nitrogen and oxygen atoms in total. The zero-order valence-corrected chi connectivity index (χ0v) is 10.2. The van der Waals surface area contributed by atoms with Crippen molar-refractivity contribution in [3.05, 3.63) is 27.4 Å². The van der Waals surface area contributed by atoms with Crippen molar-refractivity contribution in [2.75, 3.05) is 18.5 Å². The molecule has 0 saturated carbocycles. The first kappa shape index (κ1) is 12.7. The Bertz CT molecular complexity index is 396. The fraction of sp³-hybridized carbons (Fsp3) is 0.500. The van der Waals surface area contributed by atoms with Crippen molar-refractivity contribution in [2.24, 2.45) is 5.92 Å². The van der Waals surface area contributed by atoms with Crippen LogP contribution in [0.15, 0.2) is 12.1 Å². The zero-order valence-electron chi connectivity index (χ0n) is 9.48.